The summed E-state index contributed by atoms with van der Waals surface area (Å²) < 4.78 is 2.08. The molecule has 3 fully saturated rings. The molecule has 35 heavy (non-hydrogen) atoms. The van der Waals surface area contributed by atoms with Crippen LogP contribution in [-0.2, 0) is 11.3 Å². The molecule has 186 valence electrons. The van der Waals surface area contributed by atoms with Gasteiger partial charge in [-0.1, -0.05) is 0 Å². The lowest BCUT2D eigenvalue weighted by molar-refractivity contribution is -0.106. The Morgan fingerprint density at radius 3 is 2.54 bits per heavy atom. The lowest BCUT2D eigenvalue weighted by Gasteiger charge is -2.27. The number of piperazine rings is 1. The maximum atomic E-state index is 8.58. The van der Waals surface area contributed by atoms with Crippen molar-refractivity contribution in [1.82, 2.24) is 35.0 Å². The molecule has 0 unspecified atom stereocenters. The minimum atomic E-state index is 0.250. The topological polar surface area (TPSA) is 132 Å². The van der Waals surface area contributed by atoms with Crippen LogP contribution in [0.3, 0.4) is 0 Å². The highest BCUT2D eigenvalue weighted by molar-refractivity contribution is 5.73. The lowest BCUT2D eigenvalue weighted by Crippen LogP contribution is -2.43. The van der Waals surface area contributed by atoms with Crippen LogP contribution in [0.1, 0.15) is 43.0 Å². The molecule has 2 aliphatic heterocycles. The number of amides is 1. The van der Waals surface area contributed by atoms with E-state index in [1.54, 1.807) is 0 Å². The molecule has 0 aromatic carbocycles. The summed E-state index contributed by atoms with van der Waals surface area (Å²) in [6.07, 6.45) is 13.2. The van der Waals surface area contributed by atoms with Gasteiger partial charge < -0.3 is 21.3 Å². The predicted molar refractivity (Wildman–Crippen MR) is 137 cm³/mol. The molecular weight excluding hydrogens is 444 g/mol. The number of fused-ring (bicyclic) bond motifs is 1. The smallest absolute Gasteiger partial charge is 0.245 e. The van der Waals surface area contributed by atoms with Crippen molar-refractivity contribution in [3.63, 3.8) is 0 Å². The average Bonchev–Trinajstić information content (AvgIpc) is 3.25. The Morgan fingerprint density at radius 1 is 1.14 bits per heavy atom. The highest BCUT2D eigenvalue weighted by Gasteiger charge is 2.26. The number of terminal acetylenes is 1. The molecule has 2 saturated heterocycles. The number of hydrogen-bond donors (Lipinski definition) is 4. The fourth-order valence-corrected chi connectivity index (χ4v) is 4.52. The highest BCUT2D eigenvalue weighted by atomic mass is 16.1. The number of H-pyrrole nitrogens is 1. The maximum Gasteiger partial charge on any atom is 0.245 e. The zero-order valence-corrected chi connectivity index (χ0v) is 20.0. The van der Waals surface area contributed by atoms with Crippen LogP contribution in [0.5, 0.6) is 0 Å². The number of nitrogens with one attached hydrogen (secondary N) is 3. The van der Waals surface area contributed by atoms with E-state index < -0.39 is 0 Å². The predicted octanol–water partition coefficient (Wildman–Crippen LogP) is 1.43. The molecule has 11 heteroatoms. The van der Waals surface area contributed by atoms with Crippen molar-refractivity contribution in [3.05, 3.63) is 29.6 Å². The van der Waals surface area contributed by atoms with Crippen molar-refractivity contribution in [2.45, 2.75) is 38.1 Å². The van der Waals surface area contributed by atoms with Crippen molar-refractivity contribution in [1.29, 1.82) is 0 Å². The zero-order chi connectivity index (χ0) is 24.6. The van der Waals surface area contributed by atoms with Crippen LogP contribution in [0.15, 0.2) is 18.2 Å². The number of aromatic amines is 1. The van der Waals surface area contributed by atoms with Crippen LogP contribution in [-0.4, -0.2) is 75.4 Å². The second kappa shape index (κ2) is 11.7. The summed E-state index contributed by atoms with van der Waals surface area (Å²) in [6, 6.07) is 6.43. The number of carbonyl (C=O) groups is 1. The van der Waals surface area contributed by atoms with Gasteiger partial charge in [0.2, 0.25) is 12.4 Å². The molecule has 0 radical (unpaired) electrons. The van der Waals surface area contributed by atoms with Gasteiger partial charge in [0.25, 0.3) is 0 Å². The summed E-state index contributed by atoms with van der Waals surface area (Å²) in [5.74, 6) is 3.11. The molecule has 3 aromatic rings. The van der Waals surface area contributed by atoms with Gasteiger partial charge in [0.05, 0.1) is 5.69 Å². The average molecular weight is 479 g/mol. The number of primary amides is 1. The van der Waals surface area contributed by atoms with Gasteiger partial charge in [-0.2, -0.15) is 10.1 Å². The number of anilines is 3. The van der Waals surface area contributed by atoms with Crippen molar-refractivity contribution < 1.29 is 4.79 Å². The molecule has 1 aliphatic carbocycles. The van der Waals surface area contributed by atoms with Gasteiger partial charge in [0.1, 0.15) is 5.52 Å². The van der Waals surface area contributed by atoms with E-state index in [0.29, 0.717) is 5.92 Å². The monoisotopic (exact) mass is 478 g/mol. The molecule has 1 amide bonds. The van der Waals surface area contributed by atoms with Crippen LogP contribution in [0.25, 0.3) is 5.52 Å². The van der Waals surface area contributed by atoms with E-state index in [4.69, 9.17) is 14.9 Å². The first-order valence-electron chi connectivity index (χ1n) is 12.1. The molecule has 0 atom stereocenters. The number of rotatable bonds is 6. The molecule has 11 nitrogen and oxygen atoms in total. The number of nitrogens with two attached hydrogens (primary N) is 1. The summed E-state index contributed by atoms with van der Waals surface area (Å²) in [5, 5.41) is 19.5. The summed E-state index contributed by atoms with van der Waals surface area (Å²) in [7, 11) is 0. The van der Waals surface area contributed by atoms with Gasteiger partial charge in [-0.05, 0) is 37.8 Å². The maximum absolute atomic E-state index is 8.58. The van der Waals surface area contributed by atoms with Crippen molar-refractivity contribution in [3.8, 4) is 12.8 Å². The third kappa shape index (κ3) is 5.90. The van der Waals surface area contributed by atoms with Crippen molar-refractivity contribution in [2.75, 3.05) is 49.5 Å². The Labute approximate surface area is 205 Å². The summed E-state index contributed by atoms with van der Waals surface area (Å²) in [4.78, 5) is 18.3. The van der Waals surface area contributed by atoms with E-state index in [0.717, 1.165) is 68.9 Å². The van der Waals surface area contributed by atoms with Crippen LogP contribution in [0.4, 0.5) is 17.6 Å². The van der Waals surface area contributed by atoms with Gasteiger partial charge >= 0.3 is 0 Å². The highest BCUT2D eigenvalue weighted by Crippen LogP contribution is 2.39. The molecule has 3 aromatic heterocycles. The molecule has 5 heterocycles. The number of nitrogens with zero attached hydrogens (tertiary/aromatic N) is 6. The third-order valence-electron chi connectivity index (χ3n) is 6.42. The Morgan fingerprint density at radius 2 is 1.86 bits per heavy atom. The molecule has 0 spiro atoms. The zero-order valence-electron chi connectivity index (χ0n) is 20.0. The molecule has 0 bridgehead atoms. The molecule has 3 aliphatic rings. The van der Waals surface area contributed by atoms with E-state index in [1.165, 1.54) is 37.1 Å². The molecule has 5 N–H and O–H groups in total. The van der Waals surface area contributed by atoms with E-state index in [2.05, 4.69) is 71.9 Å². The summed E-state index contributed by atoms with van der Waals surface area (Å²) >= 11 is 0. The van der Waals surface area contributed by atoms with Crippen LogP contribution < -0.4 is 21.3 Å². The van der Waals surface area contributed by atoms with Crippen LogP contribution in [0, 0.1) is 12.8 Å². The Balaban J connectivity index is 0.000000539. The SMILES string of the molecule is C#C.NC=O.c1c(Nc2nc(N3CCCC3)nn3c(CN4CCNCC4)ccc23)n[nH]c1C1CC1. The summed E-state index contributed by atoms with van der Waals surface area (Å²) in [6.45, 7) is 7.18. The van der Waals surface area contributed by atoms with Gasteiger partial charge in [-0.25, -0.2) is 4.52 Å². The largest absolute Gasteiger partial charge is 0.372 e. The second-order valence-corrected chi connectivity index (χ2v) is 8.85. The number of aromatic nitrogens is 5. The standard InChI is InChI=1S/C21H29N9.C2H2.CH3NO/c1-2-10-29(9-1)21-24-20(23-19-13-17(25-26-19)15-3-4-15)18-6-5-16(30(18)27-21)14-28-11-7-22-8-12-28;1-2;2-1-3/h5-6,13,15,22H,1-4,7-12,14H2,(H2,23,24,25,26,27);1-2H;1H,(H2,2,3). The fourth-order valence-electron chi connectivity index (χ4n) is 4.52. The van der Waals surface area contributed by atoms with Crippen LogP contribution >= 0.6 is 0 Å². The normalized spacial score (nSPS) is 17.8. The van der Waals surface area contributed by atoms with Gasteiger partial charge in [-0.3, -0.25) is 14.8 Å². The van der Waals surface area contributed by atoms with E-state index in [9.17, 15) is 0 Å². The Hall–Kier alpha value is -3.62. The van der Waals surface area contributed by atoms with Gasteiger partial charge in [0.15, 0.2) is 11.6 Å². The molecule has 6 rings (SSSR count). The van der Waals surface area contributed by atoms with Gasteiger partial charge in [0, 0.05) is 63.5 Å². The number of hydrogen-bond acceptors (Lipinski definition) is 8. The summed E-state index contributed by atoms with van der Waals surface area (Å²) in [5.41, 5.74) is 7.59. The minimum absolute atomic E-state index is 0.250. The quantitative estimate of drug-likeness (QED) is 0.309. The first kappa shape index (κ1) is 24.5. The van der Waals surface area contributed by atoms with Crippen molar-refractivity contribution in [2.24, 2.45) is 5.73 Å². The first-order chi connectivity index (χ1) is 17.2. The lowest BCUT2D eigenvalue weighted by atomic mass is 10.3. The molecule has 1 saturated carbocycles. The van der Waals surface area contributed by atoms with Gasteiger partial charge in [-0.15, -0.1) is 17.9 Å². The van der Waals surface area contributed by atoms with E-state index in [-0.39, 0.29) is 6.41 Å². The fraction of sp³-hybridized carbons (Fsp3) is 0.500. The minimum Gasteiger partial charge on any atom is -0.372 e. The van der Waals surface area contributed by atoms with Crippen molar-refractivity contribution >= 4 is 29.5 Å². The number of carbonyl (C=O) groups excluding carboxylic acids is 1. The van der Waals surface area contributed by atoms with E-state index >= 15 is 0 Å². The van der Waals surface area contributed by atoms with E-state index in [1.807, 2.05) is 0 Å². The second-order valence-electron chi connectivity index (χ2n) is 8.85. The molecular formula is C24H34N10O. The third-order valence-corrected chi connectivity index (χ3v) is 6.42. The Kier molecular flexibility index (Phi) is 8.18. The first-order valence-corrected chi connectivity index (χ1v) is 12.1. The van der Waals surface area contributed by atoms with Crippen LogP contribution in [0.2, 0.25) is 0 Å². The Bertz CT molecular complexity index is 1120.